The summed E-state index contributed by atoms with van der Waals surface area (Å²) in [6, 6.07) is 32.1. The Kier molecular flexibility index (Phi) is 5.29. The Bertz CT molecular complexity index is 1110. The lowest BCUT2D eigenvalue weighted by Gasteiger charge is -2.29. The SMILES string of the molecule is N#CC1=C(c2ccccc2)NC(c2ccccc2)=C(C#N)C1c1ccc(Br)cc1. The highest BCUT2D eigenvalue weighted by atomic mass is 79.9. The van der Waals surface area contributed by atoms with Crippen molar-refractivity contribution in [1.82, 2.24) is 5.32 Å². The Hall–Kier alpha value is -3.60. The topological polar surface area (TPSA) is 59.6 Å². The van der Waals surface area contributed by atoms with E-state index in [1.807, 2.05) is 84.9 Å². The van der Waals surface area contributed by atoms with Crippen LogP contribution in [-0.2, 0) is 0 Å². The first-order valence-corrected chi connectivity index (χ1v) is 9.94. The molecule has 0 fully saturated rings. The van der Waals surface area contributed by atoms with Crippen LogP contribution in [0.5, 0.6) is 0 Å². The summed E-state index contributed by atoms with van der Waals surface area (Å²) >= 11 is 3.46. The number of nitriles is 2. The van der Waals surface area contributed by atoms with Crippen LogP contribution in [0.25, 0.3) is 11.4 Å². The molecule has 1 aliphatic heterocycles. The molecule has 0 spiro atoms. The van der Waals surface area contributed by atoms with Gasteiger partial charge in [0.1, 0.15) is 0 Å². The van der Waals surface area contributed by atoms with Crippen molar-refractivity contribution < 1.29 is 0 Å². The molecule has 0 amide bonds. The van der Waals surface area contributed by atoms with Crippen LogP contribution in [0.3, 0.4) is 0 Å². The molecule has 3 aromatic carbocycles. The third-order valence-electron chi connectivity index (χ3n) is 4.94. The fraction of sp³-hybridized carbons (Fsp3) is 0.0400. The van der Waals surface area contributed by atoms with Crippen LogP contribution >= 0.6 is 15.9 Å². The van der Waals surface area contributed by atoms with Gasteiger partial charge in [-0.15, -0.1) is 0 Å². The van der Waals surface area contributed by atoms with Crippen molar-refractivity contribution in [3.05, 3.63) is 117 Å². The third-order valence-corrected chi connectivity index (χ3v) is 5.46. The highest BCUT2D eigenvalue weighted by Crippen LogP contribution is 2.42. The van der Waals surface area contributed by atoms with Gasteiger partial charge in [-0.1, -0.05) is 88.7 Å². The summed E-state index contributed by atoms with van der Waals surface area (Å²) < 4.78 is 0.951. The van der Waals surface area contributed by atoms with Gasteiger partial charge in [0, 0.05) is 4.47 Å². The second-order valence-corrected chi connectivity index (χ2v) is 7.56. The highest BCUT2D eigenvalue weighted by molar-refractivity contribution is 9.10. The Morgan fingerprint density at radius 2 is 1.10 bits per heavy atom. The van der Waals surface area contributed by atoms with E-state index in [9.17, 15) is 10.5 Å². The van der Waals surface area contributed by atoms with Crippen molar-refractivity contribution in [3.8, 4) is 12.1 Å². The van der Waals surface area contributed by atoms with Gasteiger partial charge >= 0.3 is 0 Å². The number of nitrogens with one attached hydrogen (secondary N) is 1. The lowest BCUT2D eigenvalue weighted by molar-refractivity contribution is 0.937. The van der Waals surface area contributed by atoms with Gasteiger partial charge in [0.15, 0.2) is 0 Å². The number of dihydropyridines is 1. The molecule has 0 saturated heterocycles. The molecule has 4 heteroatoms. The first-order valence-electron chi connectivity index (χ1n) is 9.14. The summed E-state index contributed by atoms with van der Waals surface area (Å²) in [5.74, 6) is -0.440. The first-order chi connectivity index (χ1) is 14.2. The van der Waals surface area contributed by atoms with Gasteiger partial charge < -0.3 is 5.32 Å². The molecule has 3 aromatic rings. The number of nitrogens with zero attached hydrogens (tertiary/aromatic N) is 2. The first kappa shape index (κ1) is 18.7. The molecule has 0 atom stereocenters. The molecule has 138 valence electrons. The molecular weight excluding hydrogens is 422 g/mol. The van der Waals surface area contributed by atoms with Crippen molar-refractivity contribution in [1.29, 1.82) is 10.5 Å². The van der Waals surface area contributed by atoms with E-state index in [1.165, 1.54) is 0 Å². The highest BCUT2D eigenvalue weighted by Gasteiger charge is 2.33. The molecule has 0 saturated carbocycles. The van der Waals surface area contributed by atoms with Crippen molar-refractivity contribution in [2.24, 2.45) is 0 Å². The van der Waals surface area contributed by atoms with Crippen LogP contribution in [0, 0.1) is 22.7 Å². The van der Waals surface area contributed by atoms with Gasteiger partial charge in [0.25, 0.3) is 0 Å². The summed E-state index contributed by atoms with van der Waals surface area (Å²) in [5, 5.41) is 23.6. The van der Waals surface area contributed by atoms with E-state index >= 15 is 0 Å². The van der Waals surface area contributed by atoms with Crippen molar-refractivity contribution in [2.75, 3.05) is 0 Å². The fourth-order valence-corrected chi connectivity index (χ4v) is 3.85. The minimum atomic E-state index is -0.440. The number of rotatable bonds is 3. The van der Waals surface area contributed by atoms with Crippen LogP contribution in [0.2, 0.25) is 0 Å². The minimum absolute atomic E-state index is 0.440. The molecular formula is C25H16BrN3. The monoisotopic (exact) mass is 437 g/mol. The minimum Gasteiger partial charge on any atom is -0.353 e. The van der Waals surface area contributed by atoms with Gasteiger partial charge in [-0.3, -0.25) is 0 Å². The van der Waals surface area contributed by atoms with E-state index in [2.05, 4.69) is 33.4 Å². The zero-order valence-electron chi connectivity index (χ0n) is 15.4. The van der Waals surface area contributed by atoms with Crippen LogP contribution in [0.4, 0.5) is 0 Å². The zero-order valence-corrected chi connectivity index (χ0v) is 17.0. The van der Waals surface area contributed by atoms with E-state index in [4.69, 9.17) is 0 Å². The summed E-state index contributed by atoms with van der Waals surface area (Å²) in [6.07, 6.45) is 0. The zero-order chi connectivity index (χ0) is 20.2. The lowest BCUT2D eigenvalue weighted by atomic mass is 9.79. The molecule has 4 rings (SSSR count). The molecule has 0 bridgehead atoms. The number of allylic oxidation sites excluding steroid dienone is 2. The maximum atomic E-state index is 10.1. The normalized spacial score (nSPS) is 14.2. The molecule has 3 nitrogen and oxygen atoms in total. The smallest absolute Gasteiger partial charge is 0.0979 e. The molecule has 1 aliphatic rings. The fourth-order valence-electron chi connectivity index (χ4n) is 3.59. The Balaban J connectivity index is 1.99. The molecule has 29 heavy (non-hydrogen) atoms. The van der Waals surface area contributed by atoms with E-state index in [0.717, 1.165) is 32.6 Å². The maximum absolute atomic E-state index is 10.1. The Labute approximate surface area is 178 Å². The number of hydrogen-bond acceptors (Lipinski definition) is 3. The summed E-state index contributed by atoms with van der Waals surface area (Å²) in [5.41, 5.74) is 5.28. The number of halogens is 1. The second-order valence-electron chi connectivity index (χ2n) is 6.64. The van der Waals surface area contributed by atoms with Crippen molar-refractivity contribution in [3.63, 3.8) is 0 Å². The van der Waals surface area contributed by atoms with Crippen LogP contribution < -0.4 is 5.32 Å². The van der Waals surface area contributed by atoms with Crippen LogP contribution in [0.15, 0.2) is 101 Å². The van der Waals surface area contributed by atoms with Gasteiger partial charge in [0.2, 0.25) is 0 Å². The third kappa shape index (κ3) is 3.59. The Morgan fingerprint density at radius 1 is 0.655 bits per heavy atom. The van der Waals surface area contributed by atoms with Gasteiger partial charge in [-0.25, -0.2) is 0 Å². The van der Waals surface area contributed by atoms with Crippen molar-refractivity contribution in [2.45, 2.75) is 5.92 Å². The second kappa shape index (κ2) is 8.19. The summed E-state index contributed by atoms with van der Waals surface area (Å²) in [4.78, 5) is 0. The van der Waals surface area contributed by atoms with Gasteiger partial charge in [-0.05, 0) is 28.8 Å². The average molecular weight is 438 g/mol. The van der Waals surface area contributed by atoms with Gasteiger partial charge in [-0.2, -0.15) is 10.5 Å². The largest absolute Gasteiger partial charge is 0.353 e. The van der Waals surface area contributed by atoms with E-state index in [-0.39, 0.29) is 0 Å². The molecule has 0 aromatic heterocycles. The number of benzene rings is 3. The van der Waals surface area contributed by atoms with Gasteiger partial charge in [0.05, 0.1) is 40.6 Å². The van der Waals surface area contributed by atoms with Crippen molar-refractivity contribution >= 4 is 27.3 Å². The summed E-state index contributed by atoms with van der Waals surface area (Å²) in [6.45, 7) is 0. The maximum Gasteiger partial charge on any atom is 0.0979 e. The number of hydrogen-bond donors (Lipinski definition) is 1. The molecule has 1 N–H and O–H groups in total. The van der Waals surface area contributed by atoms with Crippen LogP contribution in [-0.4, -0.2) is 0 Å². The van der Waals surface area contributed by atoms with E-state index in [1.54, 1.807) is 0 Å². The molecule has 0 aliphatic carbocycles. The lowest BCUT2D eigenvalue weighted by Crippen LogP contribution is -2.24. The predicted molar refractivity (Wildman–Crippen MR) is 118 cm³/mol. The molecule has 0 radical (unpaired) electrons. The van der Waals surface area contributed by atoms with Crippen LogP contribution in [0.1, 0.15) is 22.6 Å². The summed E-state index contributed by atoms with van der Waals surface area (Å²) in [7, 11) is 0. The van der Waals surface area contributed by atoms with E-state index in [0.29, 0.717) is 11.1 Å². The molecule has 0 unspecified atom stereocenters. The van der Waals surface area contributed by atoms with E-state index < -0.39 is 5.92 Å². The standard InChI is InChI=1S/C25H16BrN3/c26-20-13-11-17(12-14-20)23-21(15-27)24(18-7-3-1-4-8-18)29-25(22(23)16-28)19-9-5-2-6-10-19/h1-14,23,29H. The Morgan fingerprint density at radius 3 is 1.52 bits per heavy atom. The quantitative estimate of drug-likeness (QED) is 0.545. The molecule has 1 heterocycles. The average Bonchev–Trinajstić information content (AvgIpc) is 2.79. The predicted octanol–water partition coefficient (Wildman–Crippen LogP) is 6.01.